The Morgan fingerprint density at radius 2 is 0.822 bits per heavy atom. The van der Waals surface area contributed by atoms with Crippen LogP contribution < -0.4 is 5.32 Å². The third kappa shape index (κ3) is 18.1. The summed E-state index contributed by atoms with van der Waals surface area (Å²) in [5, 5.41) is 6.19. The van der Waals surface area contributed by atoms with Crippen LogP contribution in [0.3, 0.4) is 0 Å². The van der Waals surface area contributed by atoms with Gasteiger partial charge in [0.2, 0.25) is 20.0 Å². The lowest BCUT2D eigenvalue weighted by molar-refractivity contribution is -0.00397. The zero-order chi connectivity index (χ0) is 51.1. The molecule has 0 aromatic heterocycles. The van der Waals surface area contributed by atoms with Crippen LogP contribution in [-0.4, -0.2) is 153 Å². The summed E-state index contributed by atoms with van der Waals surface area (Å²) in [6, 6.07) is 31.6. The predicted molar refractivity (Wildman–Crippen MR) is 304 cm³/mol. The zero-order valence-corrected chi connectivity index (χ0v) is 48.6. The third-order valence-corrected chi connectivity index (χ3v) is 17.7. The van der Waals surface area contributed by atoms with Crippen molar-refractivity contribution < 1.29 is 26.4 Å². The normalized spacial score (nSPS) is 22.3. The topological polar surface area (TPSA) is 123 Å². The summed E-state index contributed by atoms with van der Waals surface area (Å²) in [6.07, 6.45) is 8.95. The second-order valence-corrected chi connectivity index (χ2v) is 26.3. The number of piperidine rings is 2. The molecular formula is C53H72Cl6N6O6S2. The second-order valence-electron chi connectivity index (χ2n) is 20.7. The fraction of sp³-hybridized carbons (Fsp3) is 0.528. The lowest BCUT2D eigenvalue weighted by Crippen LogP contribution is -2.64. The number of carbonyl (C=O) groups excluding carboxylic acids is 1. The quantitative estimate of drug-likeness (QED) is 0.148. The Bertz CT molecular complexity index is 2580. The summed E-state index contributed by atoms with van der Waals surface area (Å²) in [4.78, 5) is 19.5. The van der Waals surface area contributed by atoms with E-state index in [-0.39, 0.29) is 61.1 Å². The minimum atomic E-state index is -3.44. The summed E-state index contributed by atoms with van der Waals surface area (Å²) in [5.74, 6) is 0. The molecule has 1 amide bonds. The van der Waals surface area contributed by atoms with Crippen LogP contribution in [-0.2, 0) is 50.5 Å². The van der Waals surface area contributed by atoms with Crippen LogP contribution in [0.15, 0.2) is 97.1 Å². The van der Waals surface area contributed by atoms with Crippen LogP contribution in [0.2, 0.25) is 20.1 Å². The molecule has 4 saturated heterocycles. The Hall–Kier alpha value is -2.41. The average Bonchev–Trinajstić information content (AvgIpc) is 3.32. The van der Waals surface area contributed by atoms with Gasteiger partial charge in [-0.25, -0.2) is 21.6 Å². The molecule has 0 radical (unpaired) electrons. The molecule has 4 heterocycles. The number of halogens is 6. The van der Waals surface area contributed by atoms with E-state index in [1.54, 1.807) is 13.5 Å². The molecule has 4 aromatic carbocycles. The zero-order valence-electron chi connectivity index (χ0n) is 42.3. The number of ether oxygens (including phenoxy) is 1. The standard InChI is InChI=1S/C29H39Cl2N3O4S.C24H31Cl2N3O2S.2ClH/c1-29(2,3)38-28(35)32-15-13-25(14-16-32)33-19-27(18-22-7-11-24(31)12-8-22)34(39(4,36)37)20-26(33)17-21-5-9-23(30)10-6-21;1-32(30,31)29-17-23(14-18-2-6-20(25)7-3-18)28(22-10-12-27-13-11-22)16-24(29)15-19-4-8-21(26)9-5-19;;/h5-12,25-27H,13-20H2,1-4H3;2-9,22-24,27H,10-17H2,1H3;2*1H/t26?,27-;23?,24-;;/m00../s1. The second kappa shape index (κ2) is 27.3. The first-order chi connectivity index (χ1) is 33.6. The van der Waals surface area contributed by atoms with Crippen LogP contribution >= 0.6 is 71.2 Å². The monoisotopic (exact) mass is 1160 g/mol. The third-order valence-electron chi connectivity index (χ3n) is 14.1. The van der Waals surface area contributed by atoms with Crippen molar-refractivity contribution >= 4 is 97.4 Å². The maximum absolute atomic E-state index is 13.0. The average molecular weight is 1170 g/mol. The van der Waals surface area contributed by atoms with Crippen molar-refractivity contribution in [1.29, 1.82) is 0 Å². The van der Waals surface area contributed by atoms with Gasteiger partial charge in [-0.15, -0.1) is 24.8 Å². The van der Waals surface area contributed by atoms with Gasteiger partial charge in [0.15, 0.2) is 0 Å². The minimum absolute atomic E-state index is 0. The molecule has 2 unspecified atom stereocenters. The predicted octanol–water partition coefficient (Wildman–Crippen LogP) is 10.2. The maximum Gasteiger partial charge on any atom is 0.410 e. The van der Waals surface area contributed by atoms with Crippen molar-refractivity contribution in [1.82, 2.24) is 28.6 Å². The Morgan fingerprint density at radius 1 is 0.521 bits per heavy atom. The Balaban J connectivity index is 0.000000268. The Labute approximate surface area is 467 Å². The van der Waals surface area contributed by atoms with Crippen molar-refractivity contribution in [3.8, 4) is 0 Å². The number of nitrogens with zero attached hydrogens (tertiary/aromatic N) is 5. The number of carbonyl (C=O) groups is 1. The van der Waals surface area contributed by atoms with E-state index >= 15 is 0 Å². The van der Waals surface area contributed by atoms with E-state index < -0.39 is 25.6 Å². The van der Waals surface area contributed by atoms with E-state index in [1.165, 1.54) is 18.1 Å². The highest BCUT2D eigenvalue weighted by atomic mass is 35.5. The molecule has 12 nitrogen and oxygen atoms in total. The van der Waals surface area contributed by atoms with Gasteiger partial charge in [0.25, 0.3) is 0 Å². The van der Waals surface area contributed by atoms with E-state index in [2.05, 4.69) is 15.1 Å². The van der Waals surface area contributed by atoms with Gasteiger partial charge in [0, 0.05) is 95.6 Å². The first-order valence-electron chi connectivity index (χ1n) is 24.7. The highest BCUT2D eigenvalue weighted by Crippen LogP contribution is 2.32. The van der Waals surface area contributed by atoms with Gasteiger partial charge in [-0.1, -0.05) is 94.9 Å². The molecule has 8 rings (SSSR count). The van der Waals surface area contributed by atoms with Crippen LogP contribution in [0.4, 0.5) is 4.79 Å². The number of hydrogen-bond donors (Lipinski definition) is 1. The number of rotatable bonds is 12. The largest absolute Gasteiger partial charge is 0.444 e. The summed E-state index contributed by atoms with van der Waals surface area (Å²) in [7, 11) is -6.78. The highest BCUT2D eigenvalue weighted by Gasteiger charge is 2.43. The molecule has 4 fully saturated rings. The van der Waals surface area contributed by atoms with E-state index in [0.717, 1.165) is 68.4 Å². The number of amides is 1. The van der Waals surface area contributed by atoms with Gasteiger partial charge in [-0.2, -0.15) is 8.61 Å². The van der Waals surface area contributed by atoms with Gasteiger partial charge < -0.3 is 15.0 Å². The number of likely N-dealkylation sites (tertiary alicyclic amines) is 1. The summed E-state index contributed by atoms with van der Waals surface area (Å²) >= 11 is 24.4. The van der Waals surface area contributed by atoms with E-state index in [0.29, 0.717) is 78.1 Å². The molecule has 4 aliphatic rings. The molecule has 0 aliphatic carbocycles. The van der Waals surface area contributed by atoms with Crippen LogP contribution in [0.5, 0.6) is 0 Å². The smallest absolute Gasteiger partial charge is 0.410 e. The van der Waals surface area contributed by atoms with Crippen molar-refractivity contribution in [3.05, 3.63) is 139 Å². The number of benzene rings is 4. The summed E-state index contributed by atoms with van der Waals surface area (Å²) < 4.78 is 60.7. The van der Waals surface area contributed by atoms with E-state index in [1.807, 2.05) is 118 Å². The van der Waals surface area contributed by atoms with Gasteiger partial charge in [-0.05, 0) is 156 Å². The van der Waals surface area contributed by atoms with Crippen molar-refractivity contribution in [2.75, 3.05) is 64.9 Å². The van der Waals surface area contributed by atoms with Gasteiger partial charge in [0.1, 0.15) is 5.60 Å². The number of piperazine rings is 2. The molecule has 20 heteroatoms. The highest BCUT2D eigenvalue weighted by molar-refractivity contribution is 7.88. The van der Waals surface area contributed by atoms with Gasteiger partial charge in [-0.3, -0.25) is 9.80 Å². The Morgan fingerprint density at radius 3 is 1.12 bits per heavy atom. The molecule has 73 heavy (non-hydrogen) atoms. The van der Waals surface area contributed by atoms with Crippen molar-refractivity contribution in [2.45, 2.75) is 114 Å². The van der Waals surface area contributed by atoms with Crippen LogP contribution in [0, 0.1) is 0 Å². The summed E-state index contributed by atoms with van der Waals surface area (Å²) in [6.45, 7) is 11.1. The fourth-order valence-corrected chi connectivity index (χ4v) is 13.5. The molecular weight excluding hydrogens is 1090 g/mol. The number of hydrogen-bond acceptors (Lipinski definition) is 9. The fourth-order valence-electron chi connectivity index (χ4n) is 10.7. The maximum atomic E-state index is 13.0. The molecule has 1 N–H and O–H groups in total. The van der Waals surface area contributed by atoms with Crippen LogP contribution in [0.1, 0.15) is 68.7 Å². The van der Waals surface area contributed by atoms with Gasteiger partial charge >= 0.3 is 6.09 Å². The van der Waals surface area contributed by atoms with Crippen LogP contribution in [0.25, 0.3) is 0 Å². The van der Waals surface area contributed by atoms with Crippen molar-refractivity contribution in [2.24, 2.45) is 0 Å². The SMILES string of the molecule is CC(C)(C)OC(=O)N1CCC(N2C[C@H](Cc3ccc(Cl)cc3)N(S(C)(=O)=O)CC2Cc2ccc(Cl)cc2)CC1.CS(=O)(=O)N1CC(Cc2ccc(Cl)cc2)N(C2CCNCC2)C[C@@H]1Cc1ccc(Cl)cc1.Cl.Cl. The number of sulfonamides is 2. The lowest BCUT2D eigenvalue weighted by Gasteiger charge is -2.50. The molecule has 4 aliphatic heterocycles. The Kier molecular flexibility index (Phi) is 22.9. The molecule has 0 bridgehead atoms. The molecule has 4 aromatic rings. The molecule has 4 atom stereocenters. The van der Waals surface area contributed by atoms with E-state index in [4.69, 9.17) is 51.1 Å². The van der Waals surface area contributed by atoms with Crippen molar-refractivity contribution in [3.63, 3.8) is 0 Å². The van der Waals surface area contributed by atoms with Gasteiger partial charge in [0.05, 0.1) is 12.5 Å². The first kappa shape index (κ1) is 61.4. The molecule has 404 valence electrons. The first-order valence-corrected chi connectivity index (χ1v) is 29.9. The molecule has 0 spiro atoms. The lowest BCUT2D eigenvalue weighted by atomic mass is 9.93. The molecule has 0 saturated carbocycles. The summed E-state index contributed by atoms with van der Waals surface area (Å²) in [5.41, 5.74) is 3.92. The van der Waals surface area contributed by atoms with E-state index in [9.17, 15) is 21.6 Å². The number of nitrogens with one attached hydrogen (secondary N) is 1. The minimum Gasteiger partial charge on any atom is -0.444 e.